The summed E-state index contributed by atoms with van der Waals surface area (Å²) in [6, 6.07) is 11.8. The van der Waals surface area contributed by atoms with Gasteiger partial charge in [-0.1, -0.05) is 18.2 Å². The van der Waals surface area contributed by atoms with E-state index < -0.39 is 11.6 Å². The predicted octanol–water partition coefficient (Wildman–Crippen LogP) is 6.25. The fourth-order valence-electron chi connectivity index (χ4n) is 4.62. The first-order valence-electron chi connectivity index (χ1n) is 11.1. The van der Waals surface area contributed by atoms with E-state index in [-0.39, 0.29) is 17.3 Å². The summed E-state index contributed by atoms with van der Waals surface area (Å²) in [7, 11) is 0. The van der Waals surface area contributed by atoms with Crippen LogP contribution in [0, 0.1) is 18.6 Å². The number of aryl methyl sites for hydroxylation is 3. The average molecular weight is 476 g/mol. The Labute approximate surface area is 197 Å². The van der Waals surface area contributed by atoms with E-state index in [1.807, 2.05) is 6.07 Å². The first-order valence-corrected chi connectivity index (χ1v) is 11.9. The smallest absolute Gasteiger partial charge is 0.310 e. The Morgan fingerprint density at radius 1 is 1.00 bits per heavy atom. The highest BCUT2D eigenvalue weighted by atomic mass is 32.1. The maximum atomic E-state index is 14.5. The van der Waals surface area contributed by atoms with Crippen LogP contribution in [0.25, 0.3) is 26.8 Å². The molecule has 3 heterocycles. The Morgan fingerprint density at radius 2 is 1.79 bits per heavy atom. The lowest BCUT2D eigenvalue weighted by Gasteiger charge is -2.16. The number of rotatable bonds is 3. The Morgan fingerprint density at radius 3 is 2.59 bits per heavy atom. The molecule has 5 aromatic rings. The van der Waals surface area contributed by atoms with Gasteiger partial charge in [-0.05, 0) is 62.4 Å². The molecule has 5 nitrogen and oxygen atoms in total. The molecule has 170 valence electrons. The summed E-state index contributed by atoms with van der Waals surface area (Å²) in [4.78, 5) is 25.6. The Balaban J connectivity index is 1.70. The minimum absolute atomic E-state index is 0.0862. The fourth-order valence-corrected chi connectivity index (χ4v) is 5.93. The second kappa shape index (κ2) is 7.99. The van der Waals surface area contributed by atoms with E-state index in [9.17, 15) is 13.6 Å². The van der Waals surface area contributed by atoms with Crippen molar-refractivity contribution < 1.29 is 13.5 Å². The van der Waals surface area contributed by atoms with Crippen LogP contribution in [0.5, 0.6) is 11.8 Å². The highest BCUT2D eigenvalue weighted by Crippen LogP contribution is 2.39. The van der Waals surface area contributed by atoms with Crippen molar-refractivity contribution in [2.24, 2.45) is 0 Å². The monoisotopic (exact) mass is 475 g/mol. The first-order chi connectivity index (χ1) is 16.5. The highest BCUT2D eigenvalue weighted by Gasteiger charge is 2.25. The zero-order chi connectivity index (χ0) is 23.4. The molecule has 0 unspecified atom stereocenters. The second-order valence-corrected chi connectivity index (χ2v) is 9.44. The van der Waals surface area contributed by atoms with E-state index in [1.165, 1.54) is 21.1 Å². The van der Waals surface area contributed by atoms with Crippen molar-refractivity contribution in [3.05, 3.63) is 86.7 Å². The van der Waals surface area contributed by atoms with Crippen LogP contribution in [0.1, 0.15) is 29.0 Å². The van der Waals surface area contributed by atoms with Gasteiger partial charge in [0.15, 0.2) is 11.6 Å². The third kappa shape index (κ3) is 3.28. The molecule has 0 saturated heterocycles. The minimum Gasteiger partial charge on any atom is -0.422 e. The van der Waals surface area contributed by atoms with E-state index in [2.05, 4.69) is 0 Å². The molecule has 6 rings (SSSR count). The van der Waals surface area contributed by atoms with Gasteiger partial charge < -0.3 is 4.74 Å². The van der Waals surface area contributed by atoms with Gasteiger partial charge in [0.2, 0.25) is 0 Å². The van der Waals surface area contributed by atoms with Crippen LogP contribution in [0.15, 0.2) is 53.3 Å². The maximum absolute atomic E-state index is 14.5. The number of thiophene rings is 1. The zero-order valence-corrected chi connectivity index (χ0v) is 19.1. The molecular formula is C26H19F2N3O2S. The molecule has 0 saturated carbocycles. The van der Waals surface area contributed by atoms with Crippen molar-refractivity contribution in [3.63, 3.8) is 0 Å². The van der Waals surface area contributed by atoms with Crippen molar-refractivity contribution in [2.75, 3.05) is 0 Å². The minimum atomic E-state index is -0.877. The Bertz CT molecular complexity index is 1640. The fraction of sp³-hybridized carbons (Fsp3) is 0.192. The summed E-state index contributed by atoms with van der Waals surface area (Å²) in [6.45, 7) is 1.80. The summed E-state index contributed by atoms with van der Waals surface area (Å²) in [5.74, 6) is -1.81. The molecule has 1 aliphatic carbocycles. The third-order valence-corrected chi connectivity index (χ3v) is 7.37. The molecule has 0 fully saturated rings. The first kappa shape index (κ1) is 20.9. The third-order valence-electron chi connectivity index (χ3n) is 6.18. The predicted molar refractivity (Wildman–Crippen MR) is 128 cm³/mol. The van der Waals surface area contributed by atoms with Gasteiger partial charge in [0.25, 0.3) is 5.56 Å². The lowest BCUT2D eigenvalue weighted by molar-refractivity contribution is 0.397. The molecule has 0 N–H and O–H groups in total. The zero-order valence-electron chi connectivity index (χ0n) is 18.3. The van der Waals surface area contributed by atoms with Gasteiger partial charge in [0.1, 0.15) is 10.6 Å². The van der Waals surface area contributed by atoms with Crippen molar-refractivity contribution >= 4 is 32.5 Å². The SMILES string of the molecule is Cc1nc2sc3c(c2c2nc(Oc4ccc(F)cc4F)n(-c4ccccc4)c(=O)c12)CCCC3. The largest absolute Gasteiger partial charge is 0.422 e. The van der Waals surface area contributed by atoms with Crippen LogP contribution < -0.4 is 10.3 Å². The van der Waals surface area contributed by atoms with Gasteiger partial charge in [-0.25, -0.2) is 18.3 Å². The molecule has 0 spiro atoms. The lowest BCUT2D eigenvalue weighted by atomic mass is 9.96. The molecular weight excluding hydrogens is 456 g/mol. The van der Waals surface area contributed by atoms with Crippen molar-refractivity contribution in [1.29, 1.82) is 0 Å². The van der Waals surface area contributed by atoms with E-state index in [0.29, 0.717) is 22.3 Å². The van der Waals surface area contributed by atoms with Crippen LogP contribution in [-0.2, 0) is 12.8 Å². The van der Waals surface area contributed by atoms with E-state index >= 15 is 0 Å². The van der Waals surface area contributed by atoms with Gasteiger partial charge in [-0.3, -0.25) is 4.79 Å². The molecule has 0 amide bonds. The van der Waals surface area contributed by atoms with Crippen LogP contribution in [-0.4, -0.2) is 14.5 Å². The second-order valence-electron chi connectivity index (χ2n) is 8.36. The van der Waals surface area contributed by atoms with Crippen LogP contribution in [0.3, 0.4) is 0 Å². The average Bonchev–Trinajstić information content (AvgIpc) is 3.19. The Kier molecular flexibility index (Phi) is 4.91. The standard InChI is InChI=1S/C26H19F2N3O2S/c1-14-21-23(22-17-9-5-6-10-20(17)34-24(22)29-14)30-26(33-19-12-11-15(27)13-18(19)28)31(25(21)32)16-7-3-2-4-8-16/h2-4,7-8,11-13H,5-6,9-10H2,1H3. The summed E-state index contributed by atoms with van der Waals surface area (Å²) in [5.41, 5.74) is 2.45. The number of nitrogens with zero attached hydrogens (tertiary/aromatic N) is 3. The number of hydrogen-bond acceptors (Lipinski definition) is 5. The number of ether oxygens (including phenoxy) is 1. The normalized spacial score (nSPS) is 13.4. The molecule has 0 aliphatic heterocycles. The molecule has 0 atom stereocenters. The lowest BCUT2D eigenvalue weighted by Crippen LogP contribution is -2.22. The topological polar surface area (TPSA) is 57.0 Å². The van der Waals surface area contributed by atoms with Crippen LogP contribution in [0.4, 0.5) is 8.78 Å². The van der Waals surface area contributed by atoms with Crippen LogP contribution in [0.2, 0.25) is 0 Å². The number of benzene rings is 2. The van der Waals surface area contributed by atoms with Crippen LogP contribution >= 0.6 is 11.3 Å². The number of pyridine rings is 1. The van der Waals surface area contributed by atoms with Gasteiger partial charge >= 0.3 is 6.01 Å². The number of halogens is 2. The van der Waals surface area contributed by atoms with E-state index in [4.69, 9.17) is 14.7 Å². The summed E-state index contributed by atoms with van der Waals surface area (Å²) >= 11 is 1.65. The van der Waals surface area contributed by atoms with E-state index in [0.717, 1.165) is 48.0 Å². The quantitative estimate of drug-likeness (QED) is 0.309. The number of fused-ring (bicyclic) bond motifs is 5. The summed E-state index contributed by atoms with van der Waals surface area (Å²) < 4.78 is 35.1. The Hall–Kier alpha value is -3.65. The van der Waals surface area contributed by atoms with E-state index in [1.54, 1.807) is 42.5 Å². The van der Waals surface area contributed by atoms with Crippen molar-refractivity contribution in [3.8, 4) is 17.4 Å². The molecule has 34 heavy (non-hydrogen) atoms. The molecule has 0 radical (unpaired) electrons. The van der Waals surface area contributed by atoms with Gasteiger partial charge in [-0.2, -0.15) is 4.98 Å². The maximum Gasteiger partial charge on any atom is 0.310 e. The van der Waals surface area contributed by atoms with Gasteiger partial charge in [0.05, 0.1) is 22.3 Å². The molecule has 3 aromatic heterocycles. The van der Waals surface area contributed by atoms with Gasteiger partial charge in [-0.15, -0.1) is 11.3 Å². The van der Waals surface area contributed by atoms with Crippen molar-refractivity contribution in [2.45, 2.75) is 32.6 Å². The molecule has 0 bridgehead atoms. The van der Waals surface area contributed by atoms with Gasteiger partial charge in [0, 0.05) is 16.3 Å². The highest BCUT2D eigenvalue weighted by molar-refractivity contribution is 7.19. The number of para-hydroxylation sites is 1. The summed E-state index contributed by atoms with van der Waals surface area (Å²) in [5, 5.41) is 1.29. The van der Waals surface area contributed by atoms with Crippen molar-refractivity contribution in [1.82, 2.24) is 14.5 Å². The molecule has 1 aliphatic rings. The number of aromatic nitrogens is 3. The number of hydrogen-bond donors (Lipinski definition) is 0. The molecule has 8 heteroatoms. The summed E-state index contributed by atoms with van der Waals surface area (Å²) in [6.07, 6.45) is 4.09. The molecule has 2 aromatic carbocycles.